The molecule has 0 amide bonds. The van der Waals surface area contributed by atoms with Crippen LogP contribution in [0.2, 0.25) is 0 Å². The van der Waals surface area contributed by atoms with E-state index in [1.807, 2.05) is 13.8 Å². The minimum atomic E-state index is -4.29. The van der Waals surface area contributed by atoms with E-state index in [1.165, 1.54) is 37.5 Å². The van der Waals surface area contributed by atoms with Crippen LogP contribution >= 0.6 is 23.5 Å². The van der Waals surface area contributed by atoms with Crippen molar-refractivity contribution in [2.45, 2.75) is 49.7 Å². The Kier molecular flexibility index (Phi) is 9.71. The number of hydrogen-bond donors (Lipinski definition) is 1. The predicted molar refractivity (Wildman–Crippen MR) is 142 cm³/mol. The highest BCUT2D eigenvalue weighted by molar-refractivity contribution is 9.12. The fraction of sp³-hybridized carbons (Fsp3) is 0.400. The van der Waals surface area contributed by atoms with Gasteiger partial charge in [-0.05, 0) is 59.1 Å². The number of fused-ring (bicyclic) bond motifs is 1. The largest absolute Gasteiger partial charge is 0.497 e. The van der Waals surface area contributed by atoms with Crippen molar-refractivity contribution >= 4 is 39.3 Å². The molecule has 0 aliphatic heterocycles. The first-order valence-electron chi connectivity index (χ1n) is 11.7. The highest BCUT2D eigenvalue weighted by Gasteiger charge is 2.57. The number of hydrogen-bond acceptors (Lipinski definition) is 7. The van der Waals surface area contributed by atoms with Gasteiger partial charge in [0.1, 0.15) is 5.75 Å². The third-order valence-electron chi connectivity index (χ3n) is 5.74. The summed E-state index contributed by atoms with van der Waals surface area (Å²) in [4.78, 5) is 12.9. The lowest BCUT2D eigenvalue weighted by Crippen LogP contribution is -2.47. The molecule has 0 spiro atoms. The smallest absolute Gasteiger partial charge is 0.360 e. The van der Waals surface area contributed by atoms with Gasteiger partial charge in [0.15, 0.2) is 11.1 Å². The van der Waals surface area contributed by atoms with Gasteiger partial charge < -0.3 is 13.8 Å². The third-order valence-corrected chi connectivity index (χ3v) is 10.4. The molecule has 8 nitrogen and oxygen atoms in total. The first kappa shape index (κ1) is 28.8. The van der Waals surface area contributed by atoms with Crippen LogP contribution in [0.25, 0.3) is 0 Å². The first-order chi connectivity index (χ1) is 17.1. The molecule has 196 valence electrons. The van der Waals surface area contributed by atoms with Crippen LogP contribution in [-0.2, 0) is 28.9 Å². The van der Waals surface area contributed by atoms with E-state index in [0.717, 1.165) is 12.8 Å². The quantitative estimate of drug-likeness (QED) is 0.218. The minimum absolute atomic E-state index is 0.0528. The number of Topliss-reactive ketones (excluding diaryl/α,β-unsaturated/α-hetero) is 1. The van der Waals surface area contributed by atoms with Crippen molar-refractivity contribution in [1.29, 1.82) is 0 Å². The van der Waals surface area contributed by atoms with E-state index in [1.54, 1.807) is 24.3 Å². The van der Waals surface area contributed by atoms with E-state index in [-0.39, 0.29) is 39.5 Å². The number of rotatable bonds is 13. The summed E-state index contributed by atoms with van der Waals surface area (Å²) in [5.41, 5.74) is 0.398. The van der Waals surface area contributed by atoms with Crippen LogP contribution in [0.4, 0.5) is 0 Å². The molecule has 1 atom stereocenters. The minimum Gasteiger partial charge on any atom is -0.497 e. The number of carbonyl (C=O) groups excluding carboxylic acids is 1. The summed E-state index contributed by atoms with van der Waals surface area (Å²) < 4.78 is 61.8. The molecule has 0 saturated heterocycles. The van der Waals surface area contributed by atoms with Gasteiger partial charge in [0.2, 0.25) is 10.0 Å². The predicted octanol–water partition coefficient (Wildman–Crippen LogP) is 6.13. The Balaban J connectivity index is 2.25. The van der Waals surface area contributed by atoms with Crippen LogP contribution in [0.15, 0.2) is 64.0 Å². The lowest BCUT2D eigenvalue weighted by atomic mass is 9.92. The van der Waals surface area contributed by atoms with Gasteiger partial charge >= 0.3 is 7.60 Å². The molecule has 0 aromatic heterocycles. The van der Waals surface area contributed by atoms with Crippen LogP contribution < -0.4 is 9.46 Å². The Hall–Kier alpha value is -1.81. The molecule has 1 aliphatic carbocycles. The number of unbranched alkanes of at least 4 members (excludes halogenated alkanes) is 2. The number of halogens is 1. The van der Waals surface area contributed by atoms with Crippen molar-refractivity contribution in [2.24, 2.45) is 0 Å². The monoisotopic (exact) mass is 599 g/mol. The van der Waals surface area contributed by atoms with Crippen LogP contribution in [0, 0.1) is 0 Å². The molecule has 1 aliphatic rings. The van der Waals surface area contributed by atoms with Gasteiger partial charge in [-0.2, -0.15) is 4.72 Å². The van der Waals surface area contributed by atoms with Gasteiger partial charge in [0.05, 0.1) is 29.7 Å². The topological polar surface area (TPSA) is 108 Å². The molecular weight excluding hydrogens is 569 g/mol. The summed E-state index contributed by atoms with van der Waals surface area (Å²) >= 11 is 3.27. The number of ether oxygens (including phenoxy) is 1. The van der Waals surface area contributed by atoms with E-state index in [2.05, 4.69) is 20.7 Å². The lowest BCUT2D eigenvalue weighted by Gasteiger charge is -2.40. The molecule has 0 saturated carbocycles. The lowest BCUT2D eigenvalue weighted by molar-refractivity contribution is 0.103. The van der Waals surface area contributed by atoms with Gasteiger partial charge in [-0.15, -0.1) is 0 Å². The van der Waals surface area contributed by atoms with E-state index in [9.17, 15) is 17.8 Å². The number of methoxy groups -OCH3 is 1. The highest BCUT2D eigenvalue weighted by atomic mass is 79.9. The van der Waals surface area contributed by atoms with Crippen molar-refractivity contribution in [3.05, 3.63) is 70.2 Å². The number of carbonyl (C=O) groups is 1. The number of sulfonamides is 1. The van der Waals surface area contributed by atoms with Crippen molar-refractivity contribution in [2.75, 3.05) is 20.3 Å². The van der Waals surface area contributed by atoms with Gasteiger partial charge in [-0.1, -0.05) is 51.0 Å². The van der Waals surface area contributed by atoms with E-state index < -0.39 is 22.9 Å². The molecule has 1 unspecified atom stereocenters. The summed E-state index contributed by atoms with van der Waals surface area (Å²) in [6, 6.07) is 12.2. The van der Waals surface area contributed by atoms with Crippen LogP contribution in [0.1, 0.15) is 55.5 Å². The summed E-state index contributed by atoms with van der Waals surface area (Å²) in [6.07, 6.45) is 4.03. The highest BCUT2D eigenvalue weighted by Crippen LogP contribution is 2.67. The van der Waals surface area contributed by atoms with Crippen molar-refractivity contribution in [3.63, 3.8) is 0 Å². The molecule has 2 aromatic rings. The molecule has 11 heteroatoms. The molecule has 3 rings (SSSR count). The van der Waals surface area contributed by atoms with E-state index in [0.29, 0.717) is 18.6 Å². The standard InChI is InChI=1S/C25H31BrNO7PS/c1-4-6-16-33-35(29,34-17-7-5-2)25(18-23(26)24(28)21-10-8-9-11-22(21)25)27-36(30,31)20-14-12-19(32-3)13-15-20/h8-15,18,27H,4-7,16-17H2,1-3H3. The third kappa shape index (κ3) is 5.85. The summed E-state index contributed by atoms with van der Waals surface area (Å²) in [5, 5.41) is -1.99. The number of benzene rings is 2. The van der Waals surface area contributed by atoms with Crippen LogP contribution in [0.5, 0.6) is 5.75 Å². The normalized spacial score (nSPS) is 18.0. The molecule has 0 fully saturated rings. The van der Waals surface area contributed by atoms with E-state index in [4.69, 9.17) is 13.8 Å². The zero-order chi connectivity index (χ0) is 26.4. The molecular formula is C25H31BrNO7PS. The Morgan fingerprint density at radius 1 is 0.972 bits per heavy atom. The maximum atomic E-state index is 14.7. The summed E-state index contributed by atoms with van der Waals surface area (Å²) in [5.74, 6) is 0.120. The van der Waals surface area contributed by atoms with Gasteiger partial charge in [-0.25, -0.2) is 8.42 Å². The zero-order valence-electron chi connectivity index (χ0n) is 20.5. The Bertz CT molecular complexity index is 1250. The second-order valence-electron chi connectivity index (χ2n) is 8.29. The van der Waals surface area contributed by atoms with Crippen molar-refractivity contribution < 1.29 is 31.6 Å². The van der Waals surface area contributed by atoms with Crippen molar-refractivity contribution in [3.8, 4) is 5.75 Å². The second kappa shape index (κ2) is 12.2. The molecule has 36 heavy (non-hydrogen) atoms. The number of ketones is 1. The summed E-state index contributed by atoms with van der Waals surface area (Å²) in [6.45, 7) is 4.10. The average molecular weight is 600 g/mol. The Labute approximate surface area is 221 Å². The fourth-order valence-corrected chi connectivity index (χ4v) is 8.48. The second-order valence-corrected chi connectivity index (χ2v) is 13.0. The van der Waals surface area contributed by atoms with Gasteiger partial charge in [0.25, 0.3) is 0 Å². The maximum absolute atomic E-state index is 14.7. The van der Waals surface area contributed by atoms with Crippen molar-refractivity contribution in [1.82, 2.24) is 4.72 Å². The van der Waals surface area contributed by atoms with Crippen LogP contribution in [0.3, 0.4) is 0 Å². The van der Waals surface area contributed by atoms with E-state index >= 15 is 0 Å². The molecule has 0 heterocycles. The summed E-state index contributed by atoms with van der Waals surface area (Å²) in [7, 11) is -7.09. The fourth-order valence-electron chi connectivity index (χ4n) is 3.75. The number of nitrogens with one attached hydrogen (secondary N) is 1. The first-order valence-corrected chi connectivity index (χ1v) is 15.6. The SMILES string of the molecule is CCCCOP(=O)(OCCCC)C1(NS(=O)(=O)c2ccc(OC)cc2)C=C(Br)C(=O)c2ccccc21. The molecule has 0 radical (unpaired) electrons. The Morgan fingerprint density at radius 3 is 2.11 bits per heavy atom. The number of allylic oxidation sites excluding steroid dienone is 1. The Morgan fingerprint density at radius 2 is 1.56 bits per heavy atom. The maximum Gasteiger partial charge on any atom is 0.360 e. The van der Waals surface area contributed by atoms with Gasteiger partial charge in [-0.3, -0.25) is 9.36 Å². The molecule has 2 aromatic carbocycles. The molecule has 0 bridgehead atoms. The zero-order valence-corrected chi connectivity index (χ0v) is 23.8. The molecule has 1 N–H and O–H groups in total. The van der Waals surface area contributed by atoms with Gasteiger partial charge in [0, 0.05) is 11.1 Å². The van der Waals surface area contributed by atoms with Crippen LogP contribution in [-0.4, -0.2) is 34.5 Å². The average Bonchev–Trinajstić information content (AvgIpc) is 2.87.